The number of likely N-dealkylation sites (tertiary alicyclic amines) is 2. The number of amides is 1. The number of halogens is 1. The van der Waals surface area contributed by atoms with E-state index in [1.807, 2.05) is 0 Å². The molecule has 2 aliphatic heterocycles. The molecule has 3 rings (SSSR count). The number of hydrogen-bond donors (Lipinski definition) is 1. The zero-order valence-electron chi connectivity index (χ0n) is 9.66. The van der Waals surface area contributed by atoms with Crippen LogP contribution in [0, 0.1) is 5.92 Å². The van der Waals surface area contributed by atoms with Gasteiger partial charge in [-0.1, -0.05) is 0 Å². The van der Waals surface area contributed by atoms with Gasteiger partial charge in [-0.2, -0.15) is 0 Å². The monoisotopic (exact) mass is 268 g/mol. The standard InChI is InChI=1S/C11H13ClN4O2/c12-10-13-1-7(2-14-10)3-15-4-8-5-16(11(17)18)9(8)6-15/h1-2,8-9H,3-6H2,(H,17,18)/t8-,9-/m0/s1. The van der Waals surface area contributed by atoms with Crippen LogP contribution in [0.3, 0.4) is 0 Å². The van der Waals surface area contributed by atoms with Gasteiger partial charge in [0.1, 0.15) is 0 Å². The van der Waals surface area contributed by atoms with Crippen LogP contribution in [-0.4, -0.2) is 56.6 Å². The molecule has 3 heterocycles. The highest BCUT2D eigenvalue weighted by atomic mass is 35.5. The highest BCUT2D eigenvalue weighted by molar-refractivity contribution is 6.28. The van der Waals surface area contributed by atoms with E-state index in [-0.39, 0.29) is 11.3 Å². The molecule has 1 N–H and O–H groups in total. The van der Waals surface area contributed by atoms with Crippen molar-refractivity contribution in [3.8, 4) is 0 Å². The smallest absolute Gasteiger partial charge is 0.407 e. The Balaban J connectivity index is 1.60. The number of rotatable bonds is 2. The summed E-state index contributed by atoms with van der Waals surface area (Å²) in [5.74, 6) is 0.481. The average molecular weight is 269 g/mol. The minimum Gasteiger partial charge on any atom is -0.465 e. The number of fused-ring (bicyclic) bond motifs is 1. The molecule has 0 saturated carbocycles. The molecule has 2 aliphatic rings. The van der Waals surface area contributed by atoms with Gasteiger partial charge in [0.05, 0.1) is 6.04 Å². The van der Waals surface area contributed by atoms with Crippen molar-refractivity contribution in [1.82, 2.24) is 19.8 Å². The van der Waals surface area contributed by atoms with Gasteiger partial charge in [-0.05, 0) is 11.6 Å². The Hall–Kier alpha value is -1.40. The average Bonchev–Trinajstić information content (AvgIpc) is 2.60. The number of aromatic nitrogens is 2. The number of carbonyl (C=O) groups is 1. The van der Waals surface area contributed by atoms with Gasteiger partial charge in [0.25, 0.3) is 0 Å². The summed E-state index contributed by atoms with van der Waals surface area (Å²) in [6.07, 6.45) is 2.61. The van der Waals surface area contributed by atoms with Crippen LogP contribution < -0.4 is 0 Å². The number of nitrogens with zero attached hydrogens (tertiary/aromatic N) is 4. The van der Waals surface area contributed by atoms with Crippen LogP contribution in [0.5, 0.6) is 0 Å². The van der Waals surface area contributed by atoms with E-state index in [1.54, 1.807) is 12.4 Å². The summed E-state index contributed by atoms with van der Waals surface area (Å²) >= 11 is 5.63. The second-order valence-corrected chi connectivity index (χ2v) is 5.15. The first-order valence-corrected chi connectivity index (χ1v) is 6.19. The highest BCUT2D eigenvalue weighted by Gasteiger charge is 2.47. The largest absolute Gasteiger partial charge is 0.465 e. The Bertz CT molecular complexity index is 467. The van der Waals surface area contributed by atoms with Crippen molar-refractivity contribution >= 4 is 17.7 Å². The fourth-order valence-electron chi connectivity index (χ4n) is 2.75. The molecule has 7 heteroatoms. The van der Waals surface area contributed by atoms with Gasteiger partial charge >= 0.3 is 6.09 Å². The van der Waals surface area contributed by atoms with Crippen LogP contribution in [0.4, 0.5) is 4.79 Å². The zero-order valence-corrected chi connectivity index (χ0v) is 10.4. The maximum Gasteiger partial charge on any atom is 0.407 e. The summed E-state index contributed by atoms with van der Waals surface area (Å²) in [5, 5.41) is 9.21. The molecule has 1 aromatic heterocycles. The Morgan fingerprint density at radius 3 is 2.78 bits per heavy atom. The summed E-state index contributed by atoms with van der Waals surface area (Å²) in [5.41, 5.74) is 1.00. The van der Waals surface area contributed by atoms with E-state index in [9.17, 15) is 4.79 Å². The maximum absolute atomic E-state index is 10.9. The van der Waals surface area contributed by atoms with E-state index >= 15 is 0 Å². The SMILES string of the molecule is O=C(O)N1C[C@@H]2CN(Cc3cnc(Cl)nc3)C[C@@H]21. The van der Waals surface area contributed by atoms with Gasteiger partial charge in [0.2, 0.25) is 5.28 Å². The van der Waals surface area contributed by atoms with Crippen LogP contribution in [-0.2, 0) is 6.54 Å². The molecule has 96 valence electrons. The summed E-state index contributed by atoms with van der Waals surface area (Å²) in [6, 6.07) is 0.163. The quantitative estimate of drug-likeness (QED) is 0.808. The molecule has 0 spiro atoms. The van der Waals surface area contributed by atoms with E-state index in [0.717, 1.165) is 25.2 Å². The molecule has 6 nitrogen and oxygen atoms in total. The molecule has 0 aliphatic carbocycles. The second kappa shape index (κ2) is 4.37. The fraction of sp³-hybridized carbons (Fsp3) is 0.545. The van der Waals surface area contributed by atoms with Gasteiger partial charge in [0, 0.05) is 50.1 Å². The van der Waals surface area contributed by atoms with Crippen molar-refractivity contribution in [3.63, 3.8) is 0 Å². The Morgan fingerprint density at radius 2 is 2.11 bits per heavy atom. The topological polar surface area (TPSA) is 69.6 Å². The molecule has 0 bridgehead atoms. The molecule has 1 aromatic rings. The van der Waals surface area contributed by atoms with E-state index < -0.39 is 6.09 Å². The van der Waals surface area contributed by atoms with Crippen LogP contribution >= 0.6 is 11.6 Å². The minimum atomic E-state index is -0.812. The normalized spacial score (nSPS) is 26.8. The molecule has 2 atom stereocenters. The lowest BCUT2D eigenvalue weighted by Crippen LogP contribution is -2.57. The summed E-state index contributed by atoms with van der Waals surface area (Å²) in [7, 11) is 0. The molecule has 18 heavy (non-hydrogen) atoms. The predicted molar refractivity (Wildman–Crippen MR) is 64.3 cm³/mol. The Morgan fingerprint density at radius 1 is 1.39 bits per heavy atom. The van der Waals surface area contributed by atoms with Gasteiger partial charge in [-0.25, -0.2) is 14.8 Å². The first-order valence-electron chi connectivity index (χ1n) is 5.82. The molecule has 2 fully saturated rings. The first kappa shape index (κ1) is 11.7. The van der Waals surface area contributed by atoms with Crippen LogP contribution in [0.25, 0.3) is 0 Å². The highest BCUT2D eigenvalue weighted by Crippen LogP contribution is 2.32. The molecule has 2 saturated heterocycles. The van der Waals surface area contributed by atoms with E-state index in [0.29, 0.717) is 12.5 Å². The Labute approximate surface area is 109 Å². The van der Waals surface area contributed by atoms with Crippen molar-refractivity contribution in [2.75, 3.05) is 19.6 Å². The zero-order chi connectivity index (χ0) is 12.7. The lowest BCUT2D eigenvalue weighted by Gasteiger charge is -2.41. The maximum atomic E-state index is 10.9. The summed E-state index contributed by atoms with van der Waals surface area (Å²) < 4.78 is 0. The third kappa shape index (κ3) is 2.02. The number of hydrogen-bond acceptors (Lipinski definition) is 4. The van der Waals surface area contributed by atoms with Crippen LogP contribution in [0.1, 0.15) is 5.56 Å². The molecule has 0 aromatic carbocycles. The van der Waals surface area contributed by atoms with E-state index in [2.05, 4.69) is 14.9 Å². The van der Waals surface area contributed by atoms with E-state index in [4.69, 9.17) is 16.7 Å². The molecular weight excluding hydrogens is 256 g/mol. The van der Waals surface area contributed by atoms with Gasteiger partial charge in [-0.3, -0.25) is 4.90 Å². The van der Waals surface area contributed by atoms with Gasteiger partial charge < -0.3 is 10.0 Å². The third-order valence-electron chi connectivity index (χ3n) is 3.64. The van der Waals surface area contributed by atoms with Gasteiger partial charge in [0.15, 0.2) is 0 Å². The van der Waals surface area contributed by atoms with Crippen molar-refractivity contribution in [2.45, 2.75) is 12.6 Å². The summed E-state index contributed by atoms with van der Waals surface area (Å²) in [4.78, 5) is 22.5. The van der Waals surface area contributed by atoms with E-state index in [1.165, 1.54) is 4.90 Å². The van der Waals surface area contributed by atoms with Crippen molar-refractivity contribution in [3.05, 3.63) is 23.2 Å². The molecule has 1 amide bonds. The van der Waals surface area contributed by atoms with Crippen molar-refractivity contribution in [2.24, 2.45) is 5.92 Å². The Kier molecular flexibility index (Phi) is 2.83. The number of carboxylic acid groups (broad SMARTS) is 1. The fourth-order valence-corrected chi connectivity index (χ4v) is 2.85. The molecule has 0 radical (unpaired) electrons. The second-order valence-electron chi connectivity index (χ2n) is 4.82. The third-order valence-corrected chi connectivity index (χ3v) is 3.83. The molecular formula is C11H13ClN4O2. The lowest BCUT2D eigenvalue weighted by molar-refractivity contribution is 0.0505. The van der Waals surface area contributed by atoms with Crippen molar-refractivity contribution < 1.29 is 9.90 Å². The minimum absolute atomic E-state index is 0.163. The summed E-state index contributed by atoms with van der Waals surface area (Å²) in [6.45, 7) is 3.14. The van der Waals surface area contributed by atoms with Crippen LogP contribution in [0.2, 0.25) is 5.28 Å². The van der Waals surface area contributed by atoms with Gasteiger partial charge in [-0.15, -0.1) is 0 Å². The lowest BCUT2D eigenvalue weighted by atomic mass is 9.93. The molecule has 0 unspecified atom stereocenters. The van der Waals surface area contributed by atoms with Crippen molar-refractivity contribution in [1.29, 1.82) is 0 Å². The predicted octanol–water partition coefficient (Wildman–Crippen LogP) is 0.924. The first-order chi connectivity index (χ1) is 8.63. The van der Waals surface area contributed by atoms with Crippen LogP contribution in [0.15, 0.2) is 12.4 Å².